The second kappa shape index (κ2) is 10.8. The highest BCUT2D eigenvalue weighted by Crippen LogP contribution is 2.37. The first-order valence-electron chi connectivity index (χ1n) is 8.68. The van der Waals surface area contributed by atoms with Gasteiger partial charge in [-0.05, 0) is 43.2 Å². The largest absolute Gasteiger partial charge is 0.493 e. The number of carbonyl (C=O) groups excluding carboxylic acids is 1. The number of ether oxygens (including phenoxy) is 3. The molecular weight excluding hydrogens is 403 g/mol. The molecule has 0 aromatic heterocycles. The molecule has 1 N–H and O–H groups in total. The summed E-state index contributed by atoms with van der Waals surface area (Å²) in [6, 6.07) is 10.3. The van der Waals surface area contributed by atoms with E-state index >= 15 is 0 Å². The van der Waals surface area contributed by atoms with E-state index in [-0.39, 0.29) is 12.7 Å². The van der Waals surface area contributed by atoms with Crippen LogP contribution in [0.4, 0.5) is 0 Å². The third-order valence-corrected chi connectivity index (χ3v) is 4.34. The summed E-state index contributed by atoms with van der Waals surface area (Å²) in [5.41, 5.74) is 3.03. The fourth-order valence-electron chi connectivity index (χ4n) is 2.13. The number of hydrazone groups is 1. The molecule has 1 unspecified atom stereocenters. The topological polar surface area (TPSA) is 69.2 Å². The maximum atomic E-state index is 11.9. The van der Waals surface area contributed by atoms with Crippen molar-refractivity contribution in [2.45, 2.75) is 26.4 Å². The van der Waals surface area contributed by atoms with Crippen molar-refractivity contribution in [2.75, 3.05) is 13.7 Å². The van der Waals surface area contributed by atoms with Crippen molar-refractivity contribution < 1.29 is 19.0 Å². The van der Waals surface area contributed by atoms with Crippen LogP contribution in [0.25, 0.3) is 0 Å². The SMILES string of the molecule is CCC(C)Oc1c(Cl)cc(C=NNC(=O)COc2ccccc2Cl)cc1OC. The number of benzene rings is 2. The highest BCUT2D eigenvalue weighted by molar-refractivity contribution is 6.32. The van der Waals surface area contributed by atoms with Crippen molar-refractivity contribution in [2.24, 2.45) is 5.10 Å². The number of rotatable bonds is 9. The molecule has 0 aliphatic heterocycles. The molecule has 0 aliphatic carbocycles. The highest BCUT2D eigenvalue weighted by atomic mass is 35.5. The highest BCUT2D eigenvalue weighted by Gasteiger charge is 2.14. The van der Waals surface area contributed by atoms with Crippen molar-refractivity contribution in [3.05, 3.63) is 52.0 Å². The molecule has 2 aromatic carbocycles. The van der Waals surface area contributed by atoms with Crippen molar-refractivity contribution >= 4 is 35.3 Å². The summed E-state index contributed by atoms with van der Waals surface area (Å²) >= 11 is 12.3. The van der Waals surface area contributed by atoms with E-state index in [9.17, 15) is 4.79 Å². The van der Waals surface area contributed by atoms with Gasteiger partial charge in [-0.25, -0.2) is 5.43 Å². The van der Waals surface area contributed by atoms with E-state index < -0.39 is 5.91 Å². The number of hydrogen-bond donors (Lipinski definition) is 1. The van der Waals surface area contributed by atoms with E-state index in [4.69, 9.17) is 37.4 Å². The minimum atomic E-state index is -0.425. The third-order valence-electron chi connectivity index (χ3n) is 3.74. The van der Waals surface area contributed by atoms with Gasteiger partial charge in [-0.3, -0.25) is 4.79 Å². The second-order valence-corrected chi connectivity index (χ2v) is 6.70. The van der Waals surface area contributed by atoms with Crippen LogP contribution < -0.4 is 19.6 Å². The molecular formula is C20H22Cl2N2O4. The average molecular weight is 425 g/mol. The number of methoxy groups -OCH3 is 1. The molecule has 0 aliphatic rings. The Morgan fingerprint density at radius 1 is 1.21 bits per heavy atom. The van der Waals surface area contributed by atoms with Crippen LogP contribution in [0, 0.1) is 0 Å². The Labute approximate surface area is 174 Å². The summed E-state index contributed by atoms with van der Waals surface area (Å²) in [5, 5.41) is 4.74. The number of carbonyl (C=O) groups is 1. The van der Waals surface area contributed by atoms with Crippen molar-refractivity contribution in [1.82, 2.24) is 5.43 Å². The summed E-state index contributed by atoms with van der Waals surface area (Å²) in [7, 11) is 1.53. The maximum absolute atomic E-state index is 11.9. The summed E-state index contributed by atoms with van der Waals surface area (Å²) < 4.78 is 16.5. The van der Waals surface area contributed by atoms with Gasteiger partial charge in [-0.15, -0.1) is 0 Å². The average Bonchev–Trinajstić information content (AvgIpc) is 2.68. The minimum Gasteiger partial charge on any atom is -0.493 e. The first-order valence-corrected chi connectivity index (χ1v) is 9.43. The summed E-state index contributed by atoms with van der Waals surface area (Å²) in [4.78, 5) is 11.9. The molecule has 0 radical (unpaired) electrons. The van der Waals surface area contributed by atoms with Gasteiger partial charge in [0.1, 0.15) is 5.75 Å². The van der Waals surface area contributed by atoms with Crippen LogP contribution in [0.5, 0.6) is 17.2 Å². The molecule has 0 bridgehead atoms. The monoisotopic (exact) mass is 424 g/mol. The third kappa shape index (κ3) is 6.32. The standard InChI is InChI=1S/C20H22Cl2N2O4/c1-4-13(2)28-20-16(22)9-14(10-18(20)26-3)11-23-24-19(25)12-27-17-8-6-5-7-15(17)21/h5-11,13H,4,12H2,1-3H3,(H,24,25). The molecule has 0 saturated heterocycles. The molecule has 6 nitrogen and oxygen atoms in total. The van der Waals surface area contributed by atoms with Gasteiger partial charge in [0.25, 0.3) is 5.91 Å². The summed E-state index contributed by atoms with van der Waals surface area (Å²) in [6.45, 7) is 3.75. The number of hydrogen-bond acceptors (Lipinski definition) is 5. The van der Waals surface area contributed by atoms with Gasteiger partial charge in [0.2, 0.25) is 0 Å². The number of halogens is 2. The van der Waals surface area contributed by atoms with Crippen LogP contribution in [0.1, 0.15) is 25.8 Å². The number of nitrogens with zero attached hydrogens (tertiary/aromatic N) is 1. The van der Waals surface area contributed by atoms with Crippen molar-refractivity contribution in [3.8, 4) is 17.2 Å². The van der Waals surface area contributed by atoms with Gasteiger partial charge in [0.05, 0.1) is 29.5 Å². The quantitative estimate of drug-likeness (QED) is 0.467. The van der Waals surface area contributed by atoms with Crippen LogP contribution in [-0.2, 0) is 4.79 Å². The molecule has 2 rings (SSSR count). The van der Waals surface area contributed by atoms with E-state index in [0.717, 1.165) is 6.42 Å². The van der Waals surface area contributed by atoms with Crippen molar-refractivity contribution in [3.63, 3.8) is 0 Å². The molecule has 2 aromatic rings. The fourth-order valence-corrected chi connectivity index (χ4v) is 2.58. The molecule has 150 valence electrons. The number of nitrogens with one attached hydrogen (secondary N) is 1. The van der Waals surface area contributed by atoms with Gasteiger partial charge < -0.3 is 14.2 Å². The Hall–Kier alpha value is -2.44. The number of para-hydroxylation sites is 1. The van der Waals surface area contributed by atoms with Gasteiger partial charge in [-0.1, -0.05) is 42.3 Å². The number of amides is 1. The predicted octanol–water partition coefficient (Wildman–Crippen LogP) is 4.71. The van der Waals surface area contributed by atoms with E-state index in [1.807, 2.05) is 13.8 Å². The lowest BCUT2D eigenvalue weighted by Crippen LogP contribution is -2.24. The first-order chi connectivity index (χ1) is 13.4. The molecule has 1 amide bonds. The van der Waals surface area contributed by atoms with Crippen molar-refractivity contribution in [1.29, 1.82) is 0 Å². The Morgan fingerprint density at radius 2 is 1.96 bits per heavy atom. The smallest absolute Gasteiger partial charge is 0.277 e. The molecule has 8 heteroatoms. The zero-order chi connectivity index (χ0) is 20.5. The van der Waals surface area contributed by atoms with E-state index in [2.05, 4.69) is 10.5 Å². The van der Waals surface area contributed by atoms with E-state index in [1.165, 1.54) is 13.3 Å². The van der Waals surface area contributed by atoms with Crippen LogP contribution in [-0.4, -0.2) is 31.9 Å². The first kappa shape index (κ1) is 21.9. The normalized spacial score (nSPS) is 11.9. The zero-order valence-electron chi connectivity index (χ0n) is 15.9. The van der Waals surface area contributed by atoms with Gasteiger partial charge in [0, 0.05) is 0 Å². The molecule has 1 atom stereocenters. The Balaban J connectivity index is 1.97. The minimum absolute atomic E-state index is 0.00308. The van der Waals surface area contributed by atoms with Crippen LogP contribution in [0.15, 0.2) is 41.5 Å². The molecule has 0 saturated carbocycles. The molecule has 0 spiro atoms. The van der Waals surface area contributed by atoms with Crippen LogP contribution >= 0.6 is 23.2 Å². The Bertz CT molecular complexity index is 843. The molecule has 0 heterocycles. The molecule has 0 fully saturated rings. The summed E-state index contributed by atoms with van der Waals surface area (Å²) in [6.07, 6.45) is 2.29. The second-order valence-electron chi connectivity index (χ2n) is 5.88. The van der Waals surface area contributed by atoms with Crippen LogP contribution in [0.2, 0.25) is 10.0 Å². The fraction of sp³-hybridized carbons (Fsp3) is 0.300. The van der Waals surface area contributed by atoms with Gasteiger partial charge >= 0.3 is 0 Å². The molecule has 28 heavy (non-hydrogen) atoms. The Morgan fingerprint density at radius 3 is 2.64 bits per heavy atom. The summed E-state index contributed by atoms with van der Waals surface area (Å²) in [5.74, 6) is 0.970. The Kier molecular flexibility index (Phi) is 8.42. The van der Waals surface area contributed by atoms with Gasteiger partial charge in [-0.2, -0.15) is 5.10 Å². The maximum Gasteiger partial charge on any atom is 0.277 e. The van der Waals surface area contributed by atoms with E-state index in [0.29, 0.717) is 32.9 Å². The zero-order valence-corrected chi connectivity index (χ0v) is 17.4. The van der Waals surface area contributed by atoms with Gasteiger partial charge in [0.15, 0.2) is 18.1 Å². The lowest BCUT2D eigenvalue weighted by molar-refractivity contribution is -0.123. The van der Waals surface area contributed by atoms with E-state index in [1.54, 1.807) is 36.4 Å². The predicted molar refractivity (Wildman–Crippen MR) is 111 cm³/mol. The van der Waals surface area contributed by atoms with Crippen LogP contribution in [0.3, 0.4) is 0 Å². The lowest BCUT2D eigenvalue weighted by Gasteiger charge is -2.17. The lowest BCUT2D eigenvalue weighted by atomic mass is 10.2.